The number of hydrogen-bond acceptors (Lipinski definition) is 3. The quantitative estimate of drug-likeness (QED) is 0.867. The van der Waals surface area contributed by atoms with Crippen LogP contribution in [0.2, 0.25) is 0 Å². The molecule has 1 saturated heterocycles. The normalized spacial score (nSPS) is 20.7. The summed E-state index contributed by atoms with van der Waals surface area (Å²) < 4.78 is 0. The molecule has 0 saturated carbocycles. The van der Waals surface area contributed by atoms with Crippen molar-refractivity contribution in [1.82, 2.24) is 15.5 Å². The predicted octanol–water partition coefficient (Wildman–Crippen LogP) is 1.50. The number of amides is 2. The van der Waals surface area contributed by atoms with Gasteiger partial charge in [0.15, 0.2) is 0 Å². The van der Waals surface area contributed by atoms with Crippen LogP contribution in [0.4, 0.5) is 0 Å². The van der Waals surface area contributed by atoms with Crippen LogP contribution in [0.25, 0.3) is 0 Å². The van der Waals surface area contributed by atoms with Crippen molar-refractivity contribution in [2.75, 3.05) is 19.6 Å². The Hall–Kier alpha value is -1.59. The fourth-order valence-corrected chi connectivity index (χ4v) is 3.49. The third kappa shape index (κ3) is 4.48. The summed E-state index contributed by atoms with van der Waals surface area (Å²) in [6.45, 7) is 4.63. The first kappa shape index (κ1) is 18.7. The minimum absolute atomic E-state index is 0. The minimum atomic E-state index is -0.100. The topological polar surface area (TPSA) is 61.4 Å². The average Bonchev–Trinajstić information content (AvgIpc) is 2.59. The van der Waals surface area contributed by atoms with Gasteiger partial charge in [-0.3, -0.25) is 9.59 Å². The van der Waals surface area contributed by atoms with Crippen molar-refractivity contribution >= 4 is 24.2 Å². The summed E-state index contributed by atoms with van der Waals surface area (Å²) in [5.41, 5.74) is 2.58. The van der Waals surface area contributed by atoms with Crippen molar-refractivity contribution < 1.29 is 9.59 Å². The molecule has 6 heteroatoms. The Morgan fingerprint density at radius 2 is 1.88 bits per heavy atom. The van der Waals surface area contributed by atoms with Gasteiger partial charge in [0, 0.05) is 33.1 Å². The summed E-state index contributed by atoms with van der Waals surface area (Å²) in [4.78, 5) is 25.7. The molecule has 0 radical (unpaired) electrons. The first-order valence-corrected chi connectivity index (χ1v) is 8.47. The SMILES string of the molecule is CC(=O)NCC1CCN(C(=O)C2Cc3ccccc3CN2)CC1.Cl. The van der Waals surface area contributed by atoms with Crippen molar-refractivity contribution in [2.45, 2.75) is 38.8 Å². The van der Waals surface area contributed by atoms with Gasteiger partial charge in [0.2, 0.25) is 11.8 Å². The molecule has 3 rings (SSSR count). The first-order valence-electron chi connectivity index (χ1n) is 8.47. The molecule has 1 atom stereocenters. The zero-order valence-corrected chi connectivity index (χ0v) is 14.9. The molecule has 2 aliphatic rings. The van der Waals surface area contributed by atoms with Crippen molar-refractivity contribution in [3.05, 3.63) is 35.4 Å². The molecule has 1 fully saturated rings. The maximum absolute atomic E-state index is 12.7. The number of nitrogens with zero attached hydrogens (tertiary/aromatic N) is 1. The Balaban J connectivity index is 0.00000208. The number of fused-ring (bicyclic) bond motifs is 1. The lowest BCUT2D eigenvalue weighted by Crippen LogP contribution is -2.52. The molecule has 5 nitrogen and oxygen atoms in total. The Labute approximate surface area is 149 Å². The molecule has 2 aliphatic heterocycles. The van der Waals surface area contributed by atoms with E-state index in [9.17, 15) is 9.59 Å². The van der Waals surface area contributed by atoms with Gasteiger partial charge in [-0.15, -0.1) is 12.4 Å². The third-order valence-electron chi connectivity index (χ3n) is 4.95. The van der Waals surface area contributed by atoms with Crippen LogP contribution in [0.3, 0.4) is 0 Å². The van der Waals surface area contributed by atoms with E-state index in [1.807, 2.05) is 17.0 Å². The van der Waals surface area contributed by atoms with Gasteiger partial charge < -0.3 is 15.5 Å². The summed E-state index contributed by atoms with van der Waals surface area (Å²) in [5, 5.41) is 6.25. The molecule has 24 heavy (non-hydrogen) atoms. The molecule has 0 aromatic heterocycles. The first-order chi connectivity index (χ1) is 11.1. The monoisotopic (exact) mass is 351 g/mol. The second kappa shape index (κ2) is 8.49. The molecular weight excluding hydrogens is 326 g/mol. The van der Waals surface area contributed by atoms with E-state index in [1.165, 1.54) is 11.1 Å². The number of piperidine rings is 1. The van der Waals surface area contributed by atoms with E-state index in [-0.39, 0.29) is 30.3 Å². The van der Waals surface area contributed by atoms with E-state index in [0.29, 0.717) is 5.92 Å². The van der Waals surface area contributed by atoms with E-state index in [2.05, 4.69) is 22.8 Å². The molecule has 2 N–H and O–H groups in total. The van der Waals surface area contributed by atoms with Gasteiger partial charge in [0.1, 0.15) is 0 Å². The molecule has 1 aromatic rings. The Kier molecular flexibility index (Phi) is 6.63. The number of benzene rings is 1. The van der Waals surface area contributed by atoms with Gasteiger partial charge in [-0.2, -0.15) is 0 Å². The lowest BCUT2D eigenvalue weighted by atomic mass is 9.93. The van der Waals surface area contributed by atoms with Crippen LogP contribution in [0.15, 0.2) is 24.3 Å². The van der Waals surface area contributed by atoms with Crippen LogP contribution < -0.4 is 10.6 Å². The van der Waals surface area contributed by atoms with E-state index < -0.39 is 0 Å². The number of carbonyl (C=O) groups is 2. The molecule has 1 aromatic carbocycles. The van der Waals surface area contributed by atoms with Crippen LogP contribution in [-0.4, -0.2) is 42.4 Å². The summed E-state index contributed by atoms with van der Waals surface area (Å²) in [5.74, 6) is 0.731. The number of halogens is 1. The van der Waals surface area contributed by atoms with Crippen LogP contribution in [-0.2, 0) is 22.6 Å². The van der Waals surface area contributed by atoms with E-state index in [4.69, 9.17) is 0 Å². The van der Waals surface area contributed by atoms with Gasteiger partial charge in [0.05, 0.1) is 6.04 Å². The summed E-state index contributed by atoms with van der Waals surface area (Å²) in [6, 6.07) is 8.23. The van der Waals surface area contributed by atoms with Gasteiger partial charge in [-0.1, -0.05) is 24.3 Å². The Morgan fingerprint density at radius 1 is 1.21 bits per heavy atom. The van der Waals surface area contributed by atoms with Gasteiger partial charge in [-0.25, -0.2) is 0 Å². The second-order valence-electron chi connectivity index (χ2n) is 6.61. The molecule has 2 heterocycles. The fraction of sp³-hybridized carbons (Fsp3) is 0.556. The second-order valence-corrected chi connectivity index (χ2v) is 6.61. The van der Waals surface area contributed by atoms with Gasteiger partial charge in [-0.05, 0) is 36.3 Å². The summed E-state index contributed by atoms with van der Waals surface area (Å²) in [6.07, 6.45) is 2.71. The van der Waals surface area contributed by atoms with Crippen molar-refractivity contribution in [2.24, 2.45) is 5.92 Å². The van der Waals surface area contributed by atoms with Gasteiger partial charge >= 0.3 is 0 Å². The average molecular weight is 352 g/mol. The van der Waals surface area contributed by atoms with Crippen molar-refractivity contribution in [1.29, 1.82) is 0 Å². The third-order valence-corrected chi connectivity index (χ3v) is 4.95. The largest absolute Gasteiger partial charge is 0.356 e. The molecular formula is C18H26ClN3O2. The highest BCUT2D eigenvalue weighted by Crippen LogP contribution is 2.21. The highest BCUT2D eigenvalue weighted by molar-refractivity contribution is 5.85. The molecule has 0 spiro atoms. The number of rotatable bonds is 3. The summed E-state index contributed by atoms with van der Waals surface area (Å²) >= 11 is 0. The lowest BCUT2D eigenvalue weighted by Gasteiger charge is -2.36. The molecule has 0 bridgehead atoms. The minimum Gasteiger partial charge on any atom is -0.356 e. The van der Waals surface area contributed by atoms with Crippen molar-refractivity contribution in [3.63, 3.8) is 0 Å². The molecule has 2 amide bonds. The van der Waals surface area contributed by atoms with Crippen LogP contribution in [0.5, 0.6) is 0 Å². The van der Waals surface area contributed by atoms with E-state index >= 15 is 0 Å². The van der Waals surface area contributed by atoms with Crippen molar-refractivity contribution in [3.8, 4) is 0 Å². The smallest absolute Gasteiger partial charge is 0.240 e. The molecule has 0 aliphatic carbocycles. The molecule has 132 valence electrons. The van der Waals surface area contributed by atoms with E-state index in [0.717, 1.165) is 45.4 Å². The van der Waals surface area contributed by atoms with Crippen LogP contribution >= 0.6 is 12.4 Å². The summed E-state index contributed by atoms with van der Waals surface area (Å²) in [7, 11) is 0. The maximum atomic E-state index is 12.7. The number of carbonyl (C=O) groups excluding carboxylic acids is 2. The van der Waals surface area contributed by atoms with Crippen LogP contribution in [0, 0.1) is 5.92 Å². The highest BCUT2D eigenvalue weighted by Gasteiger charge is 2.30. The lowest BCUT2D eigenvalue weighted by molar-refractivity contribution is -0.135. The maximum Gasteiger partial charge on any atom is 0.240 e. The Morgan fingerprint density at radius 3 is 2.54 bits per heavy atom. The molecule has 1 unspecified atom stereocenters. The standard InChI is InChI=1S/C18H25N3O2.ClH/c1-13(22)19-11-14-6-8-21(9-7-14)18(23)17-10-15-4-2-3-5-16(15)12-20-17;/h2-5,14,17,20H,6-12H2,1H3,(H,19,22);1H. The predicted molar refractivity (Wildman–Crippen MR) is 96.0 cm³/mol. The zero-order chi connectivity index (χ0) is 16.2. The highest BCUT2D eigenvalue weighted by atomic mass is 35.5. The van der Waals surface area contributed by atoms with Gasteiger partial charge in [0.25, 0.3) is 0 Å². The number of nitrogens with one attached hydrogen (secondary N) is 2. The number of hydrogen-bond donors (Lipinski definition) is 2. The Bertz CT molecular complexity index is 585. The number of likely N-dealkylation sites (tertiary alicyclic amines) is 1. The fourth-order valence-electron chi connectivity index (χ4n) is 3.49. The zero-order valence-electron chi connectivity index (χ0n) is 14.1. The van der Waals surface area contributed by atoms with Crippen LogP contribution in [0.1, 0.15) is 30.9 Å². The van der Waals surface area contributed by atoms with E-state index in [1.54, 1.807) is 6.92 Å².